The molecule has 0 radical (unpaired) electrons. The van der Waals surface area contributed by atoms with Crippen LogP contribution in [0, 0.1) is 23.9 Å². The van der Waals surface area contributed by atoms with Crippen LogP contribution in [0.25, 0.3) is 0 Å². The van der Waals surface area contributed by atoms with E-state index in [4.69, 9.17) is 0 Å². The Kier molecular flexibility index (Phi) is 13.0. The summed E-state index contributed by atoms with van der Waals surface area (Å²) in [5.74, 6) is 6.90. The highest BCUT2D eigenvalue weighted by Crippen LogP contribution is 1.91. The number of carbonyl (C=O) groups excluding carboxylic acids is 2. The highest BCUT2D eigenvalue weighted by atomic mass is 32.2. The van der Waals surface area contributed by atoms with Crippen molar-refractivity contribution in [2.45, 2.75) is 0 Å². The molecule has 0 heterocycles. The van der Waals surface area contributed by atoms with E-state index in [1.165, 1.54) is 23.5 Å². The van der Waals surface area contributed by atoms with Crippen LogP contribution in [-0.2, 0) is 14.3 Å². The van der Waals surface area contributed by atoms with E-state index >= 15 is 0 Å². The predicted octanol–water partition coefficient (Wildman–Crippen LogP) is -0.0357. The Morgan fingerprint density at radius 3 is 2.31 bits per heavy atom. The fraction of sp³-hybridized carbons (Fsp3) is 0.400. The van der Waals surface area contributed by atoms with Gasteiger partial charge in [-0.15, -0.1) is 0 Å². The summed E-state index contributed by atoms with van der Waals surface area (Å²) in [5.41, 5.74) is 0. The van der Waals surface area contributed by atoms with Crippen molar-refractivity contribution >= 4 is 35.3 Å². The first-order valence-corrected chi connectivity index (χ1v) is 6.71. The number of Topliss-reactive ketones (excluding diaryl/α,β-unsaturated/α-hetero) is 1. The minimum Gasteiger partial charge on any atom is -0.412 e. The van der Waals surface area contributed by atoms with E-state index in [1.54, 1.807) is 6.26 Å². The van der Waals surface area contributed by atoms with E-state index in [0.29, 0.717) is 5.75 Å². The lowest BCUT2D eigenvalue weighted by molar-refractivity contribution is -0.133. The largest absolute Gasteiger partial charge is 0.412 e. The van der Waals surface area contributed by atoms with Gasteiger partial charge in [0.05, 0.1) is 11.5 Å². The molecule has 0 atom stereocenters. The Morgan fingerprint density at radius 1 is 1.12 bits per heavy atom. The number of ether oxygens (including phenoxy) is 1. The standard InChI is InChI=1S/C10H10O3S2.H2O/c1-14-7-9(11)5-3-4-6-13-10(12)8-15-2;/h7-8H2,1-2H3;1H2. The van der Waals surface area contributed by atoms with Crippen LogP contribution < -0.4 is 0 Å². The van der Waals surface area contributed by atoms with Gasteiger partial charge in [0.15, 0.2) is 0 Å². The number of thioether (sulfide) groups is 2. The zero-order valence-corrected chi connectivity index (χ0v) is 10.6. The van der Waals surface area contributed by atoms with Crippen LogP contribution in [-0.4, -0.2) is 41.2 Å². The summed E-state index contributed by atoms with van der Waals surface area (Å²) in [7, 11) is 0. The van der Waals surface area contributed by atoms with E-state index in [2.05, 4.69) is 28.6 Å². The minimum absolute atomic E-state index is 0. The SMILES string of the molecule is CSCC(=O)C#CC#COC(=O)CSC.O. The third-order valence-electron chi connectivity index (χ3n) is 1.02. The van der Waals surface area contributed by atoms with Crippen molar-refractivity contribution in [3.8, 4) is 23.9 Å². The number of hydrogen-bond acceptors (Lipinski definition) is 5. The maximum atomic E-state index is 10.9. The van der Waals surface area contributed by atoms with Crippen molar-refractivity contribution in [2.75, 3.05) is 24.0 Å². The first-order chi connectivity index (χ1) is 7.20. The summed E-state index contributed by atoms with van der Waals surface area (Å²) in [4.78, 5) is 21.6. The van der Waals surface area contributed by atoms with Gasteiger partial charge in [-0.2, -0.15) is 23.5 Å². The molecule has 0 bridgehead atoms. The van der Waals surface area contributed by atoms with Crippen molar-refractivity contribution in [1.29, 1.82) is 0 Å². The maximum Gasteiger partial charge on any atom is 0.329 e. The fourth-order valence-electron chi connectivity index (χ4n) is 0.523. The maximum absolute atomic E-state index is 10.9. The molecule has 4 nitrogen and oxygen atoms in total. The molecule has 0 fully saturated rings. The molecule has 0 spiro atoms. The molecule has 0 aromatic rings. The molecule has 6 heteroatoms. The first-order valence-electron chi connectivity index (χ1n) is 3.92. The summed E-state index contributed by atoms with van der Waals surface area (Å²) in [6.45, 7) is 0. The molecule has 0 rings (SSSR count). The third kappa shape index (κ3) is 11.0. The van der Waals surface area contributed by atoms with Crippen LogP contribution in [0.3, 0.4) is 0 Å². The number of ketones is 1. The molecular weight excluding hydrogens is 248 g/mol. The highest BCUT2D eigenvalue weighted by Gasteiger charge is 1.96. The van der Waals surface area contributed by atoms with Gasteiger partial charge in [0, 0.05) is 5.92 Å². The van der Waals surface area contributed by atoms with Gasteiger partial charge in [-0.25, -0.2) is 0 Å². The average molecular weight is 260 g/mol. The number of esters is 1. The van der Waals surface area contributed by atoms with Crippen molar-refractivity contribution < 1.29 is 19.8 Å². The monoisotopic (exact) mass is 260 g/mol. The normalized spacial score (nSPS) is 7.38. The van der Waals surface area contributed by atoms with Crippen molar-refractivity contribution in [3.63, 3.8) is 0 Å². The number of rotatable bonds is 4. The van der Waals surface area contributed by atoms with Crippen molar-refractivity contribution in [3.05, 3.63) is 0 Å². The van der Waals surface area contributed by atoms with E-state index in [9.17, 15) is 9.59 Å². The Morgan fingerprint density at radius 2 is 1.75 bits per heavy atom. The number of carbonyl (C=O) groups is 2. The summed E-state index contributed by atoms with van der Waals surface area (Å²) in [6, 6.07) is 0. The quantitative estimate of drug-likeness (QED) is 0.403. The van der Waals surface area contributed by atoms with E-state index < -0.39 is 5.97 Å². The molecule has 0 aliphatic carbocycles. The Hall–Kier alpha value is -1.08. The zero-order chi connectivity index (χ0) is 11.5. The van der Waals surface area contributed by atoms with Crippen LogP contribution in [0.1, 0.15) is 0 Å². The first kappa shape index (κ1) is 17.3. The summed E-state index contributed by atoms with van der Waals surface area (Å²) < 4.78 is 4.48. The van der Waals surface area contributed by atoms with Crippen LogP contribution >= 0.6 is 23.5 Å². The fourth-order valence-corrected chi connectivity index (χ4v) is 1.15. The molecule has 0 aromatic heterocycles. The Balaban J connectivity index is 0. The number of hydrogen-bond donors (Lipinski definition) is 0. The van der Waals surface area contributed by atoms with Gasteiger partial charge < -0.3 is 10.2 Å². The second-order valence-electron chi connectivity index (χ2n) is 2.24. The van der Waals surface area contributed by atoms with E-state index in [0.717, 1.165) is 0 Å². The predicted molar refractivity (Wildman–Crippen MR) is 67.0 cm³/mol. The van der Waals surface area contributed by atoms with Crippen molar-refractivity contribution in [1.82, 2.24) is 0 Å². The van der Waals surface area contributed by atoms with Crippen molar-refractivity contribution in [2.24, 2.45) is 0 Å². The average Bonchev–Trinajstić information content (AvgIpc) is 2.18. The zero-order valence-electron chi connectivity index (χ0n) is 8.96. The molecule has 2 N–H and O–H groups in total. The van der Waals surface area contributed by atoms with Crippen LogP contribution in [0.4, 0.5) is 0 Å². The van der Waals surface area contributed by atoms with Crippen LogP contribution in [0.2, 0.25) is 0 Å². The second-order valence-corrected chi connectivity index (χ2v) is 3.97. The molecule has 16 heavy (non-hydrogen) atoms. The van der Waals surface area contributed by atoms with Gasteiger partial charge in [0.1, 0.15) is 6.11 Å². The molecule has 0 unspecified atom stereocenters. The van der Waals surface area contributed by atoms with Crippen LogP contribution in [0.5, 0.6) is 0 Å². The van der Waals surface area contributed by atoms with Gasteiger partial charge in [0.2, 0.25) is 5.78 Å². The van der Waals surface area contributed by atoms with Gasteiger partial charge in [0.25, 0.3) is 0 Å². The molecular formula is C10H12O4S2. The summed E-state index contributed by atoms with van der Waals surface area (Å²) in [5, 5.41) is 0. The summed E-state index contributed by atoms with van der Waals surface area (Å²) >= 11 is 2.75. The molecule has 0 saturated carbocycles. The van der Waals surface area contributed by atoms with Gasteiger partial charge in [-0.1, -0.05) is 0 Å². The second kappa shape index (κ2) is 12.0. The topological polar surface area (TPSA) is 74.9 Å². The van der Waals surface area contributed by atoms with E-state index in [1.807, 2.05) is 6.26 Å². The summed E-state index contributed by atoms with van der Waals surface area (Å²) in [6.07, 6.45) is 5.72. The molecule has 88 valence electrons. The van der Waals surface area contributed by atoms with Gasteiger partial charge >= 0.3 is 5.97 Å². The molecule has 0 saturated heterocycles. The molecule has 0 aliphatic heterocycles. The molecule has 0 aliphatic rings. The van der Waals surface area contributed by atoms with Crippen LogP contribution in [0.15, 0.2) is 0 Å². The Labute approximate surface area is 103 Å². The lowest BCUT2D eigenvalue weighted by Gasteiger charge is -1.89. The Bertz CT molecular complexity index is 343. The van der Waals surface area contributed by atoms with Gasteiger partial charge in [-0.05, 0) is 24.4 Å². The molecule has 0 amide bonds. The lowest BCUT2D eigenvalue weighted by Crippen LogP contribution is -2.02. The minimum atomic E-state index is -0.410. The highest BCUT2D eigenvalue weighted by molar-refractivity contribution is 7.99. The smallest absolute Gasteiger partial charge is 0.329 e. The lowest BCUT2D eigenvalue weighted by atomic mass is 10.4. The third-order valence-corrected chi connectivity index (χ3v) is 2.09. The molecule has 0 aromatic carbocycles. The van der Waals surface area contributed by atoms with Gasteiger partial charge in [-0.3, -0.25) is 9.59 Å². The van der Waals surface area contributed by atoms with E-state index in [-0.39, 0.29) is 17.0 Å².